The molecule has 14 heavy (non-hydrogen) atoms. The Morgan fingerprint density at radius 1 is 0.929 bits per heavy atom. The summed E-state index contributed by atoms with van der Waals surface area (Å²) in [7, 11) is 0. The summed E-state index contributed by atoms with van der Waals surface area (Å²) in [5.41, 5.74) is 1.28. The van der Waals surface area contributed by atoms with E-state index in [1.54, 1.807) is 0 Å². The van der Waals surface area contributed by atoms with E-state index in [1.165, 1.54) is 5.56 Å². The molecule has 0 fully saturated rings. The average Bonchev–Trinajstić information content (AvgIpc) is 2.50. The summed E-state index contributed by atoms with van der Waals surface area (Å²) in [6.07, 6.45) is 2.77. The molecule has 0 bridgehead atoms. The highest BCUT2D eigenvalue weighted by molar-refractivity contribution is 7.80. The predicted octanol–water partition coefficient (Wildman–Crippen LogP) is 2.70. The molecule has 0 aliphatic rings. The normalized spacial score (nSPS) is 10.8. The molecule has 0 spiro atoms. The monoisotopic (exact) mass is 248 g/mol. The summed E-state index contributed by atoms with van der Waals surface area (Å²) in [5, 5.41) is 0. The summed E-state index contributed by atoms with van der Waals surface area (Å²) >= 11 is 12.6. The van der Waals surface area contributed by atoms with Gasteiger partial charge >= 0.3 is 0 Å². The van der Waals surface area contributed by atoms with Gasteiger partial charge in [-0.3, -0.25) is 0 Å². The zero-order chi connectivity index (χ0) is 10.4. The van der Waals surface area contributed by atoms with Crippen LogP contribution in [0.4, 0.5) is 0 Å². The number of thiol groups is 3. The van der Waals surface area contributed by atoms with Crippen LogP contribution in [0.1, 0.15) is 17.1 Å². The van der Waals surface area contributed by atoms with Gasteiger partial charge in [0.05, 0.1) is 0 Å². The first-order chi connectivity index (χ1) is 6.81. The molecule has 0 radical (unpaired) electrons. The molecule has 1 nitrogen and oxygen atoms in total. The molecule has 0 saturated carbocycles. The Bertz CT molecular complexity index is 247. The van der Waals surface area contributed by atoms with Crippen LogP contribution in [0, 0.1) is 0 Å². The first kappa shape index (κ1) is 12.4. The number of rotatable bonds is 6. The molecule has 1 heterocycles. The van der Waals surface area contributed by atoms with E-state index in [4.69, 9.17) is 4.42 Å². The summed E-state index contributed by atoms with van der Waals surface area (Å²) in [5.74, 6) is 4.63. The fraction of sp³-hybridized carbons (Fsp3) is 0.600. The number of furan rings is 1. The van der Waals surface area contributed by atoms with Crippen LogP contribution < -0.4 is 0 Å². The second-order valence-electron chi connectivity index (χ2n) is 3.08. The Balaban J connectivity index is 2.76. The molecule has 1 rings (SSSR count). The summed E-state index contributed by atoms with van der Waals surface area (Å²) < 4.78 is 5.72. The zero-order valence-electron chi connectivity index (χ0n) is 8.07. The zero-order valence-corrected chi connectivity index (χ0v) is 10.8. The van der Waals surface area contributed by atoms with Crippen molar-refractivity contribution in [2.45, 2.75) is 19.3 Å². The van der Waals surface area contributed by atoms with Gasteiger partial charge in [0.25, 0.3) is 0 Å². The standard InChI is InChI=1S/C10H16OS3/c12-4-1-8-7-9(2-5-13)11-10(8)3-6-14/h7,12-14H,1-6H2. The second kappa shape index (κ2) is 6.75. The van der Waals surface area contributed by atoms with Gasteiger partial charge in [0.2, 0.25) is 0 Å². The summed E-state index contributed by atoms with van der Waals surface area (Å²) in [6, 6.07) is 2.13. The highest BCUT2D eigenvalue weighted by Gasteiger charge is 2.09. The van der Waals surface area contributed by atoms with E-state index in [2.05, 4.69) is 44.0 Å². The van der Waals surface area contributed by atoms with Crippen molar-refractivity contribution in [1.29, 1.82) is 0 Å². The lowest BCUT2D eigenvalue weighted by Crippen LogP contribution is -1.91. The van der Waals surface area contributed by atoms with E-state index in [0.29, 0.717) is 0 Å². The van der Waals surface area contributed by atoms with E-state index in [9.17, 15) is 0 Å². The molecule has 0 aliphatic carbocycles. The lowest BCUT2D eigenvalue weighted by molar-refractivity contribution is 0.473. The van der Waals surface area contributed by atoms with Crippen molar-refractivity contribution in [3.05, 3.63) is 23.2 Å². The maximum Gasteiger partial charge on any atom is 0.108 e. The molecule has 0 N–H and O–H groups in total. The van der Waals surface area contributed by atoms with Crippen molar-refractivity contribution in [3.63, 3.8) is 0 Å². The second-order valence-corrected chi connectivity index (χ2v) is 4.42. The Labute approximate surface area is 102 Å². The molecule has 0 unspecified atom stereocenters. The van der Waals surface area contributed by atoms with Crippen LogP contribution in [-0.4, -0.2) is 17.3 Å². The minimum atomic E-state index is 0.827. The van der Waals surface area contributed by atoms with E-state index in [0.717, 1.165) is 48.0 Å². The van der Waals surface area contributed by atoms with Gasteiger partial charge in [-0.2, -0.15) is 37.9 Å². The average molecular weight is 248 g/mol. The van der Waals surface area contributed by atoms with Crippen LogP contribution in [0.15, 0.2) is 10.5 Å². The lowest BCUT2D eigenvalue weighted by Gasteiger charge is -1.97. The third-order valence-electron chi connectivity index (χ3n) is 2.03. The van der Waals surface area contributed by atoms with Crippen LogP contribution in [0.25, 0.3) is 0 Å². The van der Waals surface area contributed by atoms with Crippen LogP contribution in [-0.2, 0) is 19.3 Å². The molecule has 1 aromatic rings. The van der Waals surface area contributed by atoms with Gasteiger partial charge in [-0.05, 0) is 35.3 Å². The van der Waals surface area contributed by atoms with E-state index >= 15 is 0 Å². The quantitative estimate of drug-likeness (QED) is 0.658. The smallest absolute Gasteiger partial charge is 0.108 e. The van der Waals surface area contributed by atoms with Crippen LogP contribution in [0.2, 0.25) is 0 Å². The third kappa shape index (κ3) is 3.48. The van der Waals surface area contributed by atoms with Crippen molar-refractivity contribution in [1.82, 2.24) is 0 Å². The maximum absolute atomic E-state index is 5.72. The van der Waals surface area contributed by atoms with Gasteiger partial charge in [0.15, 0.2) is 0 Å². The minimum Gasteiger partial charge on any atom is -0.466 e. The molecule has 0 aliphatic heterocycles. The van der Waals surface area contributed by atoms with Crippen molar-refractivity contribution < 1.29 is 4.42 Å². The lowest BCUT2D eigenvalue weighted by atomic mass is 10.1. The molecular weight excluding hydrogens is 232 g/mol. The molecule has 4 heteroatoms. The fourth-order valence-electron chi connectivity index (χ4n) is 1.41. The van der Waals surface area contributed by atoms with Gasteiger partial charge in [0.1, 0.15) is 11.5 Å². The minimum absolute atomic E-state index is 0.827. The highest BCUT2D eigenvalue weighted by Crippen LogP contribution is 2.18. The molecule has 0 atom stereocenters. The molecule has 80 valence electrons. The molecule has 0 amide bonds. The van der Waals surface area contributed by atoms with Crippen LogP contribution >= 0.6 is 37.9 Å². The highest BCUT2D eigenvalue weighted by atomic mass is 32.1. The van der Waals surface area contributed by atoms with Crippen LogP contribution in [0.5, 0.6) is 0 Å². The first-order valence-corrected chi connectivity index (χ1v) is 6.64. The number of hydrogen-bond donors (Lipinski definition) is 3. The van der Waals surface area contributed by atoms with Gasteiger partial charge in [0, 0.05) is 12.8 Å². The Hall–Kier alpha value is 0.330. The van der Waals surface area contributed by atoms with Crippen molar-refractivity contribution in [2.24, 2.45) is 0 Å². The van der Waals surface area contributed by atoms with E-state index < -0.39 is 0 Å². The SMILES string of the molecule is SCCc1cc(CCS)c(CCS)o1. The van der Waals surface area contributed by atoms with Crippen molar-refractivity contribution >= 4 is 37.9 Å². The van der Waals surface area contributed by atoms with Gasteiger partial charge in [-0.1, -0.05) is 0 Å². The molecular formula is C10H16OS3. The summed E-state index contributed by atoms with van der Waals surface area (Å²) in [4.78, 5) is 0. The first-order valence-electron chi connectivity index (χ1n) is 4.74. The van der Waals surface area contributed by atoms with E-state index in [-0.39, 0.29) is 0 Å². The number of hydrogen-bond acceptors (Lipinski definition) is 4. The topological polar surface area (TPSA) is 13.1 Å². The van der Waals surface area contributed by atoms with Crippen LogP contribution in [0.3, 0.4) is 0 Å². The van der Waals surface area contributed by atoms with Gasteiger partial charge in [-0.25, -0.2) is 0 Å². The molecule has 1 aromatic heterocycles. The summed E-state index contributed by atoms with van der Waals surface area (Å²) in [6.45, 7) is 0. The van der Waals surface area contributed by atoms with Crippen molar-refractivity contribution in [3.8, 4) is 0 Å². The molecule has 0 aromatic carbocycles. The fourth-order valence-corrected chi connectivity index (χ4v) is 2.07. The Morgan fingerprint density at radius 2 is 1.57 bits per heavy atom. The molecule has 0 saturated heterocycles. The third-order valence-corrected chi connectivity index (χ3v) is 2.70. The van der Waals surface area contributed by atoms with Crippen molar-refractivity contribution in [2.75, 3.05) is 17.3 Å². The van der Waals surface area contributed by atoms with E-state index in [1.807, 2.05) is 0 Å². The van der Waals surface area contributed by atoms with Gasteiger partial charge in [-0.15, -0.1) is 0 Å². The predicted molar refractivity (Wildman–Crippen MR) is 71.4 cm³/mol. The largest absolute Gasteiger partial charge is 0.466 e. The Kier molecular flexibility index (Phi) is 5.98. The maximum atomic E-state index is 5.72. The Morgan fingerprint density at radius 3 is 2.14 bits per heavy atom. The van der Waals surface area contributed by atoms with Gasteiger partial charge < -0.3 is 4.42 Å². The number of aryl methyl sites for hydroxylation is 3.